The summed E-state index contributed by atoms with van der Waals surface area (Å²) in [6.07, 6.45) is 1.02. The second-order valence-electron chi connectivity index (χ2n) is 5.96. The Morgan fingerprint density at radius 2 is 2.05 bits per heavy atom. The first-order valence-electron chi connectivity index (χ1n) is 7.71. The summed E-state index contributed by atoms with van der Waals surface area (Å²) in [6, 6.07) is 8.45. The average Bonchev–Trinajstić information content (AvgIpc) is 2.47. The van der Waals surface area contributed by atoms with Gasteiger partial charge in [-0.2, -0.15) is 0 Å². The van der Waals surface area contributed by atoms with Crippen LogP contribution in [0.2, 0.25) is 0 Å². The highest BCUT2D eigenvalue weighted by Gasteiger charge is 2.30. The van der Waals surface area contributed by atoms with E-state index in [2.05, 4.69) is 48.3 Å². The van der Waals surface area contributed by atoms with Crippen LogP contribution in [0.4, 0.5) is 0 Å². The van der Waals surface area contributed by atoms with Crippen LogP contribution in [0.15, 0.2) is 24.3 Å². The van der Waals surface area contributed by atoms with E-state index in [1.807, 2.05) is 0 Å². The Labute approximate surface area is 127 Å². The molecule has 0 saturated carbocycles. The first kappa shape index (κ1) is 16.0. The molecule has 4 heteroatoms. The molecule has 0 bridgehead atoms. The molecule has 0 fully saturated rings. The number of hydrogen-bond donors (Lipinski definition) is 1. The normalized spacial score (nSPS) is 16.6. The van der Waals surface area contributed by atoms with Crippen LogP contribution in [0, 0.1) is 5.92 Å². The number of nitrogens with zero attached hydrogens (tertiary/aromatic N) is 1. The second-order valence-corrected chi connectivity index (χ2v) is 5.96. The fraction of sp³-hybridized carbons (Fsp3) is 0.588. The Kier molecular flexibility index (Phi) is 5.76. The van der Waals surface area contributed by atoms with Crippen LogP contribution in [-0.2, 0) is 22.5 Å². The van der Waals surface area contributed by atoms with Gasteiger partial charge in [0.25, 0.3) is 0 Å². The zero-order valence-corrected chi connectivity index (χ0v) is 13.3. The molecule has 2 rings (SSSR count). The van der Waals surface area contributed by atoms with Crippen molar-refractivity contribution in [2.45, 2.75) is 32.9 Å². The van der Waals surface area contributed by atoms with Crippen LogP contribution in [-0.4, -0.2) is 43.7 Å². The topological polar surface area (TPSA) is 41.6 Å². The maximum absolute atomic E-state index is 12.5. The Hall–Kier alpha value is -1.39. The van der Waals surface area contributed by atoms with Crippen LogP contribution in [0.1, 0.15) is 25.0 Å². The number of rotatable bonds is 6. The molecule has 21 heavy (non-hydrogen) atoms. The minimum Gasteiger partial charge on any atom is -0.383 e. The first-order chi connectivity index (χ1) is 10.1. The van der Waals surface area contributed by atoms with Crippen molar-refractivity contribution < 1.29 is 9.53 Å². The number of fused-ring (bicyclic) bond motifs is 1. The van der Waals surface area contributed by atoms with Gasteiger partial charge >= 0.3 is 0 Å². The molecule has 0 radical (unpaired) electrons. The Bertz CT molecular complexity index is 474. The van der Waals surface area contributed by atoms with Crippen molar-refractivity contribution in [1.82, 2.24) is 10.2 Å². The standard InChI is InChI=1S/C17H26N2O2/c1-13(2)16(17(20)18-9-11-21-3)19-10-8-14-6-4-5-7-15(14)12-19/h4-7,13,16H,8-12H2,1-3H3,(H,18,20). The molecule has 116 valence electrons. The van der Waals surface area contributed by atoms with Crippen molar-refractivity contribution in [2.24, 2.45) is 5.92 Å². The Balaban J connectivity index is 2.04. The van der Waals surface area contributed by atoms with E-state index in [0.717, 1.165) is 19.5 Å². The number of hydrogen-bond acceptors (Lipinski definition) is 3. The van der Waals surface area contributed by atoms with E-state index in [-0.39, 0.29) is 17.9 Å². The molecule has 1 atom stereocenters. The molecule has 1 unspecified atom stereocenters. The molecule has 0 aromatic heterocycles. The molecule has 1 N–H and O–H groups in total. The lowest BCUT2D eigenvalue weighted by atomic mass is 9.94. The largest absolute Gasteiger partial charge is 0.383 e. The third kappa shape index (κ3) is 4.05. The van der Waals surface area contributed by atoms with Gasteiger partial charge in [-0.3, -0.25) is 9.69 Å². The summed E-state index contributed by atoms with van der Waals surface area (Å²) in [4.78, 5) is 14.8. The maximum atomic E-state index is 12.5. The van der Waals surface area contributed by atoms with Crippen molar-refractivity contribution in [2.75, 3.05) is 26.8 Å². The number of amides is 1. The summed E-state index contributed by atoms with van der Waals surface area (Å²) in [5, 5.41) is 2.98. The van der Waals surface area contributed by atoms with Crippen molar-refractivity contribution in [1.29, 1.82) is 0 Å². The molecule has 0 spiro atoms. The van der Waals surface area contributed by atoms with E-state index in [1.54, 1.807) is 7.11 Å². The summed E-state index contributed by atoms with van der Waals surface area (Å²) in [5.74, 6) is 0.402. The van der Waals surface area contributed by atoms with E-state index >= 15 is 0 Å². The lowest BCUT2D eigenvalue weighted by Gasteiger charge is -2.36. The predicted molar refractivity (Wildman–Crippen MR) is 84.1 cm³/mol. The average molecular weight is 290 g/mol. The van der Waals surface area contributed by atoms with Crippen LogP contribution in [0.25, 0.3) is 0 Å². The second kappa shape index (κ2) is 7.57. The number of methoxy groups -OCH3 is 1. The van der Waals surface area contributed by atoms with Gasteiger partial charge in [0, 0.05) is 26.7 Å². The maximum Gasteiger partial charge on any atom is 0.237 e. The number of ether oxygens (including phenoxy) is 1. The van der Waals surface area contributed by atoms with Gasteiger partial charge in [-0.25, -0.2) is 0 Å². The summed E-state index contributed by atoms with van der Waals surface area (Å²) < 4.78 is 5.00. The number of carbonyl (C=O) groups excluding carboxylic acids is 1. The van der Waals surface area contributed by atoms with E-state index in [4.69, 9.17) is 4.74 Å². The van der Waals surface area contributed by atoms with Gasteiger partial charge in [-0.15, -0.1) is 0 Å². The third-order valence-corrected chi connectivity index (χ3v) is 4.06. The van der Waals surface area contributed by atoms with Gasteiger partial charge in [-0.1, -0.05) is 38.1 Å². The summed E-state index contributed by atoms with van der Waals surface area (Å²) in [6.45, 7) is 7.15. The molecule has 1 amide bonds. The van der Waals surface area contributed by atoms with Gasteiger partial charge in [0.15, 0.2) is 0 Å². The number of benzene rings is 1. The molecular weight excluding hydrogens is 264 g/mol. The van der Waals surface area contributed by atoms with Crippen molar-refractivity contribution in [3.63, 3.8) is 0 Å². The van der Waals surface area contributed by atoms with Crippen LogP contribution < -0.4 is 5.32 Å². The quantitative estimate of drug-likeness (QED) is 0.813. The molecule has 1 heterocycles. The van der Waals surface area contributed by atoms with E-state index in [1.165, 1.54) is 11.1 Å². The molecule has 1 aromatic carbocycles. The van der Waals surface area contributed by atoms with Gasteiger partial charge in [-0.05, 0) is 23.5 Å². The highest BCUT2D eigenvalue weighted by molar-refractivity contribution is 5.82. The molecule has 4 nitrogen and oxygen atoms in total. The fourth-order valence-electron chi connectivity index (χ4n) is 3.03. The smallest absolute Gasteiger partial charge is 0.237 e. The van der Waals surface area contributed by atoms with E-state index < -0.39 is 0 Å². The fourth-order valence-corrected chi connectivity index (χ4v) is 3.03. The van der Waals surface area contributed by atoms with Gasteiger partial charge in [0.05, 0.1) is 12.6 Å². The van der Waals surface area contributed by atoms with Crippen LogP contribution in [0.3, 0.4) is 0 Å². The lowest BCUT2D eigenvalue weighted by molar-refractivity contribution is -0.128. The molecule has 1 aliphatic heterocycles. The Morgan fingerprint density at radius 1 is 1.33 bits per heavy atom. The minimum atomic E-state index is -0.0739. The zero-order chi connectivity index (χ0) is 15.2. The minimum absolute atomic E-state index is 0.0739. The Morgan fingerprint density at radius 3 is 2.71 bits per heavy atom. The molecule has 0 saturated heterocycles. The molecule has 1 aliphatic rings. The molecule has 0 aliphatic carbocycles. The lowest BCUT2D eigenvalue weighted by Crippen LogP contribution is -2.51. The van der Waals surface area contributed by atoms with Gasteiger partial charge in [0.2, 0.25) is 5.91 Å². The van der Waals surface area contributed by atoms with Gasteiger partial charge < -0.3 is 10.1 Å². The van der Waals surface area contributed by atoms with Crippen LogP contribution >= 0.6 is 0 Å². The summed E-state index contributed by atoms with van der Waals surface area (Å²) >= 11 is 0. The zero-order valence-electron chi connectivity index (χ0n) is 13.3. The van der Waals surface area contributed by atoms with Gasteiger partial charge in [0.1, 0.15) is 0 Å². The highest BCUT2D eigenvalue weighted by Crippen LogP contribution is 2.23. The van der Waals surface area contributed by atoms with E-state index in [9.17, 15) is 4.79 Å². The third-order valence-electron chi connectivity index (χ3n) is 4.06. The van der Waals surface area contributed by atoms with Crippen molar-refractivity contribution in [3.8, 4) is 0 Å². The summed E-state index contributed by atoms with van der Waals surface area (Å²) in [7, 11) is 1.65. The van der Waals surface area contributed by atoms with Crippen molar-refractivity contribution >= 4 is 5.91 Å². The van der Waals surface area contributed by atoms with E-state index in [0.29, 0.717) is 13.2 Å². The monoisotopic (exact) mass is 290 g/mol. The SMILES string of the molecule is COCCNC(=O)C(C(C)C)N1CCc2ccccc2C1. The first-order valence-corrected chi connectivity index (χ1v) is 7.71. The number of nitrogens with one attached hydrogen (secondary N) is 1. The molecular formula is C17H26N2O2. The predicted octanol–water partition coefficient (Wildman–Crippen LogP) is 1.83. The highest BCUT2D eigenvalue weighted by atomic mass is 16.5. The molecule has 1 aromatic rings. The number of carbonyl (C=O) groups is 1. The summed E-state index contributed by atoms with van der Waals surface area (Å²) in [5.41, 5.74) is 2.76. The van der Waals surface area contributed by atoms with Crippen LogP contribution in [0.5, 0.6) is 0 Å². The van der Waals surface area contributed by atoms with Crippen molar-refractivity contribution in [3.05, 3.63) is 35.4 Å².